The Morgan fingerprint density at radius 3 is 1.35 bits per heavy atom. The first-order valence-corrected chi connectivity index (χ1v) is 10.8. The van der Waals surface area contributed by atoms with Crippen molar-refractivity contribution >= 4 is 0 Å². The predicted molar refractivity (Wildman–Crippen MR) is 125 cm³/mol. The van der Waals surface area contributed by atoms with Crippen molar-refractivity contribution < 1.29 is 14.2 Å². The fourth-order valence-electron chi connectivity index (χ4n) is 3.59. The Labute approximate surface area is 186 Å². The minimum Gasteiger partial charge on any atom is -0.378 e. The van der Waals surface area contributed by atoms with Crippen LogP contribution in [-0.2, 0) is 19.8 Å². The van der Waals surface area contributed by atoms with Gasteiger partial charge in [-0.3, -0.25) is 0 Å². The standard InChI is InChI=1S/C27H33NO3/c1-28(2)18-19-29-20-21-30-22-23-31-27(24-12-6-3-7-13-24,25-14-8-4-9-15-25)26-16-10-5-11-17-26/h3-17H,18-23H2,1-2H3. The van der Waals surface area contributed by atoms with Gasteiger partial charge in [0, 0.05) is 6.54 Å². The van der Waals surface area contributed by atoms with E-state index in [-0.39, 0.29) is 0 Å². The average molecular weight is 420 g/mol. The Bertz CT molecular complexity index is 757. The summed E-state index contributed by atoms with van der Waals surface area (Å²) in [5, 5.41) is 0. The summed E-state index contributed by atoms with van der Waals surface area (Å²) in [5.41, 5.74) is 2.59. The SMILES string of the molecule is CN(C)CCOCCOCCOC(c1ccccc1)(c1ccccc1)c1ccccc1. The monoisotopic (exact) mass is 419 g/mol. The maximum absolute atomic E-state index is 6.67. The number of rotatable bonds is 13. The summed E-state index contributed by atoms with van der Waals surface area (Å²) in [7, 11) is 4.07. The molecule has 0 radical (unpaired) electrons. The molecule has 0 saturated heterocycles. The molecule has 0 aliphatic carbocycles. The van der Waals surface area contributed by atoms with E-state index in [1.165, 1.54) is 0 Å². The van der Waals surface area contributed by atoms with Gasteiger partial charge in [0.25, 0.3) is 0 Å². The lowest BCUT2D eigenvalue weighted by atomic mass is 9.80. The summed E-state index contributed by atoms with van der Waals surface area (Å²) in [6.07, 6.45) is 0. The van der Waals surface area contributed by atoms with Crippen LogP contribution in [-0.4, -0.2) is 58.6 Å². The molecule has 0 bridgehead atoms. The first-order chi connectivity index (χ1) is 15.2. The summed E-state index contributed by atoms with van der Waals surface area (Å²) >= 11 is 0. The molecule has 0 amide bonds. The van der Waals surface area contributed by atoms with Crippen molar-refractivity contribution in [3.05, 3.63) is 108 Å². The Kier molecular flexibility index (Phi) is 9.25. The van der Waals surface area contributed by atoms with Crippen molar-refractivity contribution in [2.75, 3.05) is 53.7 Å². The molecule has 0 N–H and O–H groups in total. The Morgan fingerprint density at radius 2 is 0.935 bits per heavy atom. The van der Waals surface area contributed by atoms with Crippen molar-refractivity contribution in [3.8, 4) is 0 Å². The summed E-state index contributed by atoms with van der Waals surface area (Å²) in [5.74, 6) is 0. The van der Waals surface area contributed by atoms with Gasteiger partial charge >= 0.3 is 0 Å². The molecule has 31 heavy (non-hydrogen) atoms. The van der Waals surface area contributed by atoms with Crippen LogP contribution >= 0.6 is 0 Å². The maximum atomic E-state index is 6.67. The van der Waals surface area contributed by atoms with Gasteiger partial charge in [-0.15, -0.1) is 0 Å². The molecule has 3 aromatic rings. The molecular weight excluding hydrogens is 386 g/mol. The zero-order valence-electron chi connectivity index (χ0n) is 18.6. The lowest BCUT2D eigenvalue weighted by Crippen LogP contribution is -2.34. The maximum Gasteiger partial charge on any atom is 0.143 e. The molecule has 0 saturated carbocycles. The summed E-state index contributed by atoms with van der Waals surface area (Å²) in [6.45, 7) is 3.76. The Balaban J connectivity index is 1.72. The first-order valence-electron chi connectivity index (χ1n) is 10.8. The van der Waals surface area contributed by atoms with Crippen LogP contribution in [0.2, 0.25) is 0 Å². The molecule has 164 valence electrons. The van der Waals surface area contributed by atoms with E-state index in [2.05, 4.69) is 77.7 Å². The number of hydrogen-bond acceptors (Lipinski definition) is 4. The van der Waals surface area contributed by atoms with Crippen LogP contribution in [0.4, 0.5) is 0 Å². The van der Waals surface area contributed by atoms with Crippen LogP contribution in [0.3, 0.4) is 0 Å². The molecule has 0 aliphatic heterocycles. The van der Waals surface area contributed by atoms with E-state index in [0.29, 0.717) is 33.0 Å². The molecule has 0 atom stereocenters. The van der Waals surface area contributed by atoms with Gasteiger partial charge in [0.15, 0.2) is 0 Å². The molecule has 0 aromatic heterocycles. The van der Waals surface area contributed by atoms with Crippen molar-refractivity contribution in [3.63, 3.8) is 0 Å². The number of benzene rings is 3. The van der Waals surface area contributed by atoms with Gasteiger partial charge < -0.3 is 19.1 Å². The topological polar surface area (TPSA) is 30.9 Å². The van der Waals surface area contributed by atoms with Crippen molar-refractivity contribution in [1.29, 1.82) is 0 Å². The normalized spacial score (nSPS) is 11.7. The van der Waals surface area contributed by atoms with Gasteiger partial charge in [-0.2, -0.15) is 0 Å². The molecule has 0 fully saturated rings. The third-order valence-corrected chi connectivity index (χ3v) is 5.14. The quantitative estimate of drug-likeness (QED) is 0.300. The molecule has 0 spiro atoms. The van der Waals surface area contributed by atoms with E-state index in [1.807, 2.05) is 32.3 Å². The van der Waals surface area contributed by atoms with Crippen LogP contribution < -0.4 is 0 Å². The van der Waals surface area contributed by atoms with Crippen LogP contribution in [0.25, 0.3) is 0 Å². The second-order valence-electron chi connectivity index (χ2n) is 7.66. The van der Waals surface area contributed by atoms with Crippen molar-refractivity contribution in [2.45, 2.75) is 5.60 Å². The number of ether oxygens (including phenoxy) is 3. The fourth-order valence-corrected chi connectivity index (χ4v) is 3.59. The molecular formula is C27H33NO3. The Hall–Kier alpha value is -2.50. The fraction of sp³-hybridized carbons (Fsp3) is 0.333. The smallest absolute Gasteiger partial charge is 0.143 e. The third-order valence-electron chi connectivity index (χ3n) is 5.14. The van der Waals surface area contributed by atoms with Gasteiger partial charge in [0.1, 0.15) is 5.60 Å². The van der Waals surface area contributed by atoms with Crippen molar-refractivity contribution in [2.24, 2.45) is 0 Å². The van der Waals surface area contributed by atoms with E-state index in [9.17, 15) is 0 Å². The van der Waals surface area contributed by atoms with E-state index in [4.69, 9.17) is 14.2 Å². The van der Waals surface area contributed by atoms with Gasteiger partial charge in [0.05, 0.1) is 33.0 Å². The third kappa shape index (κ3) is 6.49. The summed E-state index contributed by atoms with van der Waals surface area (Å²) in [4.78, 5) is 2.10. The summed E-state index contributed by atoms with van der Waals surface area (Å²) < 4.78 is 18.0. The van der Waals surface area contributed by atoms with Gasteiger partial charge in [0.2, 0.25) is 0 Å². The molecule has 4 nitrogen and oxygen atoms in total. The highest BCUT2D eigenvalue weighted by Crippen LogP contribution is 2.40. The molecule has 0 unspecified atom stereocenters. The molecule has 3 rings (SSSR count). The molecule has 0 aliphatic rings. The van der Waals surface area contributed by atoms with E-state index >= 15 is 0 Å². The van der Waals surface area contributed by atoms with Crippen LogP contribution in [0.15, 0.2) is 91.0 Å². The zero-order valence-corrected chi connectivity index (χ0v) is 18.6. The van der Waals surface area contributed by atoms with Crippen LogP contribution in [0.5, 0.6) is 0 Å². The van der Waals surface area contributed by atoms with Gasteiger partial charge in [-0.05, 0) is 30.8 Å². The Morgan fingerprint density at radius 1 is 0.548 bits per heavy atom. The average Bonchev–Trinajstić information content (AvgIpc) is 2.82. The lowest BCUT2D eigenvalue weighted by molar-refractivity contribution is -0.0337. The first kappa shape index (κ1) is 23.2. The molecule has 3 aromatic carbocycles. The molecule has 4 heteroatoms. The number of likely N-dealkylation sites (N-methyl/N-ethyl adjacent to an activating group) is 1. The van der Waals surface area contributed by atoms with E-state index in [1.54, 1.807) is 0 Å². The van der Waals surface area contributed by atoms with E-state index in [0.717, 1.165) is 23.2 Å². The van der Waals surface area contributed by atoms with E-state index < -0.39 is 5.60 Å². The largest absolute Gasteiger partial charge is 0.378 e. The number of nitrogens with zero attached hydrogens (tertiary/aromatic N) is 1. The minimum absolute atomic E-state index is 0.469. The van der Waals surface area contributed by atoms with Gasteiger partial charge in [-0.25, -0.2) is 0 Å². The highest BCUT2D eigenvalue weighted by atomic mass is 16.5. The predicted octanol–water partition coefficient (Wildman–Crippen LogP) is 4.59. The van der Waals surface area contributed by atoms with Crippen LogP contribution in [0.1, 0.15) is 16.7 Å². The van der Waals surface area contributed by atoms with Crippen LogP contribution in [0, 0.1) is 0 Å². The second kappa shape index (κ2) is 12.4. The number of hydrogen-bond donors (Lipinski definition) is 0. The highest BCUT2D eigenvalue weighted by molar-refractivity contribution is 5.47. The second-order valence-corrected chi connectivity index (χ2v) is 7.66. The molecule has 0 heterocycles. The zero-order chi connectivity index (χ0) is 21.8. The lowest BCUT2D eigenvalue weighted by Gasteiger charge is -2.36. The highest BCUT2D eigenvalue weighted by Gasteiger charge is 2.37. The van der Waals surface area contributed by atoms with Crippen molar-refractivity contribution in [1.82, 2.24) is 4.90 Å². The van der Waals surface area contributed by atoms with Gasteiger partial charge in [-0.1, -0.05) is 91.0 Å². The summed E-state index contributed by atoms with van der Waals surface area (Å²) in [6, 6.07) is 31.2. The minimum atomic E-state index is -0.699.